The van der Waals surface area contributed by atoms with Crippen LogP contribution in [0.5, 0.6) is 17.2 Å². The number of nitro groups is 1. The molecule has 0 aliphatic carbocycles. The van der Waals surface area contributed by atoms with E-state index in [1.807, 2.05) is 0 Å². The third-order valence-corrected chi connectivity index (χ3v) is 5.41. The highest BCUT2D eigenvalue weighted by molar-refractivity contribution is 6.03. The van der Waals surface area contributed by atoms with Gasteiger partial charge in [0.05, 0.1) is 29.0 Å². The van der Waals surface area contributed by atoms with Crippen LogP contribution < -0.4 is 14.8 Å². The lowest BCUT2D eigenvalue weighted by molar-refractivity contribution is -0.385. The average molecular weight is 472 g/mol. The summed E-state index contributed by atoms with van der Waals surface area (Å²) in [6, 6.07) is 16.3. The molecule has 0 spiro atoms. The van der Waals surface area contributed by atoms with E-state index >= 15 is 0 Å². The van der Waals surface area contributed by atoms with Crippen molar-refractivity contribution in [1.82, 2.24) is 9.97 Å². The van der Waals surface area contributed by atoms with Crippen LogP contribution in [0.4, 0.5) is 11.5 Å². The van der Waals surface area contributed by atoms with Gasteiger partial charge >= 0.3 is 5.69 Å². The Labute approximate surface area is 199 Å². The fourth-order valence-corrected chi connectivity index (χ4v) is 3.67. The van der Waals surface area contributed by atoms with E-state index in [0.717, 1.165) is 0 Å². The number of nitrogens with one attached hydrogen (secondary N) is 1. The van der Waals surface area contributed by atoms with Gasteiger partial charge in [-0.3, -0.25) is 19.9 Å². The van der Waals surface area contributed by atoms with Crippen molar-refractivity contribution in [2.75, 3.05) is 18.5 Å². The quantitative estimate of drug-likeness (QED) is 0.302. The number of aromatic nitrogens is 2. The first-order chi connectivity index (χ1) is 17.1. The van der Waals surface area contributed by atoms with Crippen molar-refractivity contribution in [3.05, 3.63) is 88.7 Å². The summed E-state index contributed by atoms with van der Waals surface area (Å²) in [6.07, 6.45) is 3.58. The Balaban J connectivity index is 1.38. The molecule has 2 aromatic carbocycles. The monoisotopic (exact) mass is 472 g/mol. The molecule has 10 heteroatoms. The molecule has 5 rings (SSSR count). The molecule has 35 heavy (non-hydrogen) atoms. The van der Waals surface area contributed by atoms with Crippen LogP contribution in [-0.2, 0) is 4.74 Å². The maximum absolute atomic E-state index is 12.4. The Morgan fingerprint density at radius 3 is 2.63 bits per heavy atom. The minimum absolute atomic E-state index is 0.144. The van der Waals surface area contributed by atoms with E-state index in [-0.39, 0.29) is 23.4 Å². The van der Waals surface area contributed by atoms with Crippen molar-refractivity contribution in [3.63, 3.8) is 0 Å². The zero-order valence-corrected chi connectivity index (χ0v) is 18.4. The zero-order chi connectivity index (χ0) is 24.2. The molecule has 1 amide bonds. The minimum Gasteiger partial charge on any atom is -0.481 e. The summed E-state index contributed by atoms with van der Waals surface area (Å²) in [5.74, 6) is 1.13. The number of fused-ring (bicyclic) bond motifs is 1. The maximum Gasteiger partial charge on any atom is 0.311 e. The molecule has 176 valence electrons. The van der Waals surface area contributed by atoms with Crippen molar-refractivity contribution < 1.29 is 23.9 Å². The second-order valence-corrected chi connectivity index (χ2v) is 7.80. The number of ether oxygens (including phenoxy) is 3. The number of carbonyl (C=O) groups excluding carboxylic acids is 1. The van der Waals surface area contributed by atoms with Gasteiger partial charge in [0.15, 0.2) is 5.75 Å². The van der Waals surface area contributed by atoms with Gasteiger partial charge in [-0.1, -0.05) is 6.07 Å². The van der Waals surface area contributed by atoms with Crippen molar-refractivity contribution >= 4 is 28.3 Å². The van der Waals surface area contributed by atoms with Crippen LogP contribution in [-0.4, -0.2) is 40.1 Å². The molecule has 1 N–H and O–H groups in total. The molecule has 3 heterocycles. The van der Waals surface area contributed by atoms with E-state index in [1.54, 1.807) is 67.0 Å². The molecule has 1 saturated heterocycles. The number of amides is 1. The van der Waals surface area contributed by atoms with Gasteiger partial charge in [0.2, 0.25) is 0 Å². The van der Waals surface area contributed by atoms with Gasteiger partial charge in [-0.15, -0.1) is 0 Å². The summed E-state index contributed by atoms with van der Waals surface area (Å²) in [5.41, 5.74) is 0.744. The van der Waals surface area contributed by atoms with E-state index in [2.05, 4.69) is 15.3 Å². The molecule has 0 unspecified atom stereocenters. The number of nitro benzene ring substituents is 1. The normalized spacial score (nSPS) is 15.0. The van der Waals surface area contributed by atoms with E-state index in [0.29, 0.717) is 53.4 Å². The molecule has 1 atom stereocenters. The molecular formula is C25H20N4O6. The van der Waals surface area contributed by atoms with Crippen LogP contribution in [0.1, 0.15) is 16.8 Å². The van der Waals surface area contributed by atoms with Crippen LogP contribution >= 0.6 is 0 Å². The van der Waals surface area contributed by atoms with Crippen LogP contribution in [0.3, 0.4) is 0 Å². The Bertz CT molecular complexity index is 1370. The second-order valence-electron chi connectivity index (χ2n) is 7.80. The van der Waals surface area contributed by atoms with Crippen molar-refractivity contribution in [1.29, 1.82) is 0 Å². The molecule has 0 bridgehead atoms. The topological polar surface area (TPSA) is 126 Å². The maximum atomic E-state index is 12.4. The molecule has 1 fully saturated rings. The number of rotatable bonds is 7. The predicted molar refractivity (Wildman–Crippen MR) is 127 cm³/mol. The Morgan fingerprint density at radius 1 is 1.06 bits per heavy atom. The van der Waals surface area contributed by atoms with Crippen LogP contribution in [0, 0.1) is 10.1 Å². The van der Waals surface area contributed by atoms with E-state index in [1.165, 1.54) is 6.07 Å². The van der Waals surface area contributed by atoms with Crippen LogP contribution in [0.2, 0.25) is 0 Å². The standard InChI is InChI=1S/C25H20N4O6/c30-25(28-24-3-1-2-10-27-24)16-4-6-17(7-5-16)34-22-8-11-26-20-14-23(35-18-9-12-33-15-18)21(29(31)32)13-19(20)22/h1-8,10-11,13-14,18H,9,12,15H2,(H,27,28,30)/t18-/m1/s1. The zero-order valence-electron chi connectivity index (χ0n) is 18.4. The van der Waals surface area contributed by atoms with Crippen molar-refractivity contribution in [2.24, 2.45) is 0 Å². The van der Waals surface area contributed by atoms with Gasteiger partial charge in [0.25, 0.3) is 5.91 Å². The van der Waals surface area contributed by atoms with E-state index in [4.69, 9.17) is 14.2 Å². The second kappa shape index (κ2) is 9.74. The lowest BCUT2D eigenvalue weighted by Gasteiger charge is -2.14. The number of nitrogens with zero attached hydrogens (tertiary/aromatic N) is 3. The predicted octanol–water partition coefficient (Wildman–Crippen LogP) is 4.75. The van der Waals surface area contributed by atoms with Gasteiger partial charge < -0.3 is 19.5 Å². The number of pyridine rings is 2. The van der Waals surface area contributed by atoms with Gasteiger partial charge in [-0.25, -0.2) is 4.98 Å². The largest absolute Gasteiger partial charge is 0.481 e. The first kappa shape index (κ1) is 22.2. The number of anilines is 1. The van der Waals surface area contributed by atoms with Crippen molar-refractivity contribution in [3.8, 4) is 17.2 Å². The lowest BCUT2D eigenvalue weighted by atomic mass is 10.1. The lowest BCUT2D eigenvalue weighted by Crippen LogP contribution is -2.16. The molecule has 4 aromatic rings. The Kier molecular flexibility index (Phi) is 6.18. The highest BCUT2D eigenvalue weighted by Gasteiger charge is 2.24. The summed E-state index contributed by atoms with van der Waals surface area (Å²) in [6.45, 7) is 0.952. The van der Waals surface area contributed by atoms with Crippen LogP contribution in [0.25, 0.3) is 10.9 Å². The van der Waals surface area contributed by atoms with Crippen LogP contribution in [0.15, 0.2) is 73.1 Å². The fourth-order valence-electron chi connectivity index (χ4n) is 3.67. The van der Waals surface area contributed by atoms with Gasteiger partial charge in [0.1, 0.15) is 23.4 Å². The third-order valence-electron chi connectivity index (χ3n) is 5.41. The first-order valence-electron chi connectivity index (χ1n) is 10.9. The van der Waals surface area contributed by atoms with Crippen molar-refractivity contribution in [2.45, 2.75) is 12.5 Å². The molecular weight excluding hydrogens is 452 g/mol. The van der Waals surface area contributed by atoms with E-state index < -0.39 is 4.92 Å². The molecule has 0 radical (unpaired) electrons. The number of carbonyl (C=O) groups is 1. The Morgan fingerprint density at radius 2 is 1.91 bits per heavy atom. The number of hydrogen-bond acceptors (Lipinski definition) is 8. The third kappa shape index (κ3) is 5.02. The minimum atomic E-state index is -0.490. The highest BCUT2D eigenvalue weighted by atomic mass is 16.6. The van der Waals surface area contributed by atoms with Gasteiger partial charge in [0, 0.05) is 36.5 Å². The summed E-state index contributed by atoms with van der Waals surface area (Å²) < 4.78 is 17.1. The SMILES string of the molecule is O=C(Nc1ccccn1)c1ccc(Oc2ccnc3cc(O[C@@H]4CCOC4)c([N+](=O)[O-])cc23)cc1. The first-order valence-corrected chi connectivity index (χ1v) is 10.9. The summed E-state index contributed by atoms with van der Waals surface area (Å²) in [5, 5.41) is 14.9. The average Bonchev–Trinajstić information content (AvgIpc) is 3.38. The molecule has 1 aliphatic rings. The van der Waals surface area contributed by atoms with Gasteiger partial charge in [-0.05, 0) is 42.5 Å². The smallest absolute Gasteiger partial charge is 0.311 e. The summed E-state index contributed by atoms with van der Waals surface area (Å²) >= 11 is 0. The highest BCUT2D eigenvalue weighted by Crippen LogP contribution is 2.37. The Hall–Kier alpha value is -4.57. The summed E-state index contributed by atoms with van der Waals surface area (Å²) in [4.78, 5) is 32.1. The fraction of sp³-hybridized carbons (Fsp3) is 0.160. The number of benzene rings is 2. The molecule has 1 aliphatic heterocycles. The molecule has 10 nitrogen and oxygen atoms in total. The summed E-state index contributed by atoms with van der Waals surface area (Å²) in [7, 11) is 0. The molecule has 0 saturated carbocycles. The van der Waals surface area contributed by atoms with Gasteiger partial charge in [-0.2, -0.15) is 0 Å². The van der Waals surface area contributed by atoms with E-state index in [9.17, 15) is 14.9 Å². The molecule has 2 aromatic heterocycles. The number of hydrogen-bond donors (Lipinski definition) is 1.